The van der Waals surface area contributed by atoms with Crippen molar-refractivity contribution in [1.82, 2.24) is 5.32 Å². The fourth-order valence-corrected chi connectivity index (χ4v) is 3.20. The molecule has 0 unspecified atom stereocenters. The van der Waals surface area contributed by atoms with E-state index in [0.29, 0.717) is 22.9 Å². The van der Waals surface area contributed by atoms with Crippen LogP contribution >= 0.6 is 0 Å². The highest BCUT2D eigenvalue weighted by atomic mass is 19.1. The van der Waals surface area contributed by atoms with Crippen molar-refractivity contribution >= 4 is 23.6 Å². The fourth-order valence-electron chi connectivity index (χ4n) is 3.20. The SMILES string of the molecule is O=C(/C=C/c1ccco1)NCCC(=O)N(Cc1ccc2c(c1)OCO2)c1ccc(F)cc1. The highest BCUT2D eigenvalue weighted by Gasteiger charge is 2.19. The zero-order valence-corrected chi connectivity index (χ0v) is 17.1. The molecule has 8 heteroatoms. The van der Waals surface area contributed by atoms with E-state index in [4.69, 9.17) is 13.9 Å². The Morgan fingerprint density at radius 3 is 2.66 bits per heavy atom. The van der Waals surface area contributed by atoms with Crippen molar-refractivity contribution in [3.63, 3.8) is 0 Å². The second-order valence-corrected chi connectivity index (χ2v) is 7.03. The topological polar surface area (TPSA) is 81.0 Å². The summed E-state index contributed by atoms with van der Waals surface area (Å²) < 4.78 is 29.3. The minimum Gasteiger partial charge on any atom is -0.465 e. The predicted octanol–water partition coefficient (Wildman–Crippen LogP) is 3.90. The molecule has 1 aliphatic heterocycles. The summed E-state index contributed by atoms with van der Waals surface area (Å²) in [5, 5.41) is 2.68. The van der Waals surface area contributed by atoms with Gasteiger partial charge in [0.2, 0.25) is 18.6 Å². The number of carbonyl (C=O) groups is 2. The van der Waals surface area contributed by atoms with Gasteiger partial charge in [0.25, 0.3) is 0 Å². The molecular formula is C24H21FN2O5. The number of ether oxygens (including phenoxy) is 2. The Morgan fingerprint density at radius 1 is 1.06 bits per heavy atom. The van der Waals surface area contributed by atoms with Crippen molar-refractivity contribution in [2.24, 2.45) is 0 Å². The molecule has 0 saturated carbocycles. The normalized spacial score (nSPS) is 12.2. The molecule has 7 nitrogen and oxygen atoms in total. The molecule has 0 atom stereocenters. The first-order chi connectivity index (χ1) is 15.6. The van der Waals surface area contributed by atoms with Gasteiger partial charge in [-0.05, 0) is 60.2 Å². The van der Waals surface area contributed by atoms with Crippen molar-refractivity contribution in [1.29, 1.82) is 0 Å². The van der Waals surface area contributed by atoms with E-state index in [1.807, 2.05) is 12.1 Å². The summed E-state index contributed by atoms with van der Waals surface area (Å²) >= 11 is 0. The van der Waals surface area contributed by atoms with Gasteiger partial charge in [0.1, 0.15) is 11.6 Å². The smallest absolute Gasteiger partial charge is 0.244 e. The Balaban J connectivity index is 1.40. The van der Waals surface area contributed by atoms with E-state index in [2.05, 4.69) is 5.32 Å². The van der Waals surface area contributed by atoms with Gasteiger partial charge >= 0.3 is 0 Å². The Kier molecular flexibility index (Phi) is 6.50. The molecule has 1 aromatic heterocycles. The van der Waals surface area contributed by atoms with Crippen LogP contribution < -0.4 is 19.7 Å². The largest absolute Gasteiger partial charge is 0.465 e. The minimum absolute atomic E-state index is 0.0717. The number of fused-ring (bicyclic) bond motifs is 1. The molecule has 0 bridgehead atoms. The van der Waals surface area contributed by atoms with Crippen molar-refractivity contribution in [3.8, 4) is 11.5 Å². The quantitative estimate of drug-likeness (QED) is 0.542. The standard InChI is InChI=1S/C24H21FN2O5/c25-18-4-6-19(7-5-18)27(15-17-3-9-21-22(14-17)32-16-31-21)24(29)11-12-26-23(28)10-8-20-2-1-13-30-20/h1-10,13-14H,11-12,15-16H2,(H,26,28)/b10-8+. The molecule has 0 spiro atoms. The highest BCUT2D eigenvalue weighted by molar-refractivity contribution is 5.94. The van der Waals surface area contributed by atoms with Crippen molar-refractivity contribution in [2.75, 3.05) is 18.2 Å². The molecule has 0 saturated heterocycles. The summed E-state index contributed by atoms with van der Waals surface area (Å²) in [6.45, 7) is 0.569. The van der Waals surface area contributed by atoms with Crippen LogP contribution in [0.1, 0.15) is 17.7 Å². The van der Waals surface area contributed by atoms with Crippen LogP contribution in [-0.2, 0) is 16.1 Å². The molecule has 0 aliphatic carbocycles. The van der Waals surface area contributed by atoms with E-state index < -0.39 is 0 Å². The van der Waals surface area contributed by atoms with E-state index in [0.717, 1.165) is 5.56 Å². The lowest BCUT2D eigenvalue weighted by molar-refractivity contribution is -0.119. The van der Waals surface area contributed by atoms with Gasteiger partial charge in [-0.25, -0.2) is 4.39 Å². The van der Waals surface area contributed by atoms with Crippen LogP contribution in [0.5, 0.6) is 11.5 Å². The lowest BCUT2D eigenvalue weighted by Crippen LogP contribution is -2.34. The Bertz CT molecular complexity index is 1110. The average molecular weight is 436 g/mol. The molecule has 1 aliphatic rings. The number of hydrogen-bond acceptors (Lipinski definition) is 5. The summed E-state index contributed by atoms with van der Waals surface area (Å²) in [4.78, 5) is 26.5. The van der Waals surface area contributed by atoms with Gasteiger partial charge in [0.15, 0.2) is 11.5 Å². The first-order valence-corrected chi connectivity index (χ1v) is 10.0. The van der Waals surface area contributed by atoms with E-state index in [9.17, 15) is 14.0 Å². The van der Waals surface area contributed by atoms with Crippen molar-refractivity contribution < 1.29 is 27.9 Å². The fraction of sp³-hybridized carbons (Fsp3) is 0.167. The third-order valence-electron chi connectivity index (χ3n) is 4.80. The zero-order valence-electron chi connectivity index (χ0n) is 17.1. The maximum Gasteiger partial charge on any atom is 0.244 e. The summed E-state index contributed by atoms with van der Waals surface area (Å²) in [6, 6.07) is 14.6. The molecule has 2 aromatic carbocycles. The number of hydrogen-bond donors (Lipinski definition) is 1. The van der Waals surface area contributed by atoms with Gasteiger partial charge in [0, 0.05) is 24.7 Å². The van der Waals surface area contributed by atoms with Crippen LogP contribution in [0, 0.1) is 5.82 Å². The van der Waals surface area contributed by atoms with E-state index in [1.54, 1.807) is 41.3 Å². The van der Waals surface area contributed by atoms with Crippen LogP contribution in [0.15, 0.2) is 71.4 Å². The van der Waals surface area contributed by atoms with Gasteiger partial charge in [-0.1, -0.05) is 6.07 Å². The number of amides is 2. The number of nitrogens with zero attached hydrogens (tertiary/aromatic N) is 1. The number of halogens is 1. The Morgan fingerprint density at radius 2 is 1.88 bits per heavy atom. The molecule has 164 valence electrons. The first kappa shape index (κ1) is 21.2. The molecule has 32 heavy (non-hydrogen) atoms. The maximum absolute atomic E-state index is 13.4. The van der Waals surface area contributed by atoms with Gasteiger partial charge in [-0.15, -0.1) is 0 Å². The number of rotatable bonds is 8. The van der Waals surface area contributed by atoms with Crippen molar-refractivity contribution in [2.45, 2.75) is 13.0 Å². The lowest BCUT2D eigenvalue weighted by Gasteiger charge is -2.23. The van der Waals surface area contributed by atoms with Crippen LogP contribution in [0.3, 0.4) is 0 Å². The monoisotopic (exact) mass is 436 g/mol. The van der Waals surface area contributed by atoms with E-state index in [-0.39, 0.29) is 43.9 Å². The molecule has 4 rings (SSSR count). The number of benzene rings is 2. The second kappa shape index (κ2) is 9.82. The van der Waals surface area contributed by atoms with E-state index >= 15 is 0 Å². The van der Waals surface area contributed by atoms with Gasteiger partial charge < -0.3 is 24.1 Å². The van der Waals surface area contributed by atoms with Gasteiger partial charge in [0.05, 0.1) is 12.8 Å². The van der Waals surface area contributed by atoms with Gasteiger partial charge in [-0.3, -0.25) is 9.59 Å². The number of carbonyl (C=O) groups excluding carboxylic acids is 2. The van der Waals surface area contributed by atoms with E-state index in [1.165, 1.54) is 24.5 Å². The molecule has 2 amide bonds. The van der Waals surface area contributed by atoms with Crippen LogP contribution in [0.4, 0.5) is 10.1 Å². The van der Waals surface area contributed by atoms with Gasteiger partial charge in [-0.2, -0.15) is 0 Å². The van der Waals surface area contributed by atoms with Crippen LogP contribution in [0.25, 0.3) is 6.08 Å². The van der Waals surface area contributed by atoms with Crippen molar-refractivity contribution in [3.05, 3.63) is 84.1 Å². The molecule has 0 fully saturated rings. The van der Waals surface area contributed by atoms with Crippen LogP contribution in [0.2, 0.25) is 0 Å². The number of nitrogens with one attached hydrogen (secondary N) is 1. The number of anilines is 1. The molecular weight excluding hydrogens is 415 g/mol. The zero-order chi connectivity index (χ0) is 22.3. The second-order valence-electron chi connectivity index (χ2n) is 7.03. The third kappa shape index (κ3) is 5.34. The summed E-state index contributed by atoms with van der Waals surface area (Å²) in [6.07, 6.45) is 4.47. The van der Waals surface area contributed by atoms with Crippen LogP contribution in [-0.4, -0.2) is 25.2 Å². The summed E-state index contributed by atoms with van der Waals surface area (Å²) in [7, 11) is 0. The average Bonchev–Trinajstić information content (AvgIpc) is 3.48. The molecule has 3 aromatic rings. The highest BCUT2D eigenvalue weighted by Crippen LogP contribution is 2.33. The maximum atomic E-state index is 13.4. The number of furan rings is 1. The Labute approximate surface area is 184 Å². The minimum atomic E-state index is -0.389. The Hall–Kier alpha value is -4.07. The molecule has 1 N–H and O–H groups in total. The molecule has 0 radical (unpaired) electrons. The predicted molar refractivity (Wildman–Crippen MR) is 116 cm³/mol. The summed E-state index contributed by atoms with van der Waals surface area (Å²) in [5.41, 5.74) is 1.38. The lowest BCUT2D eigenvalue weighted by atomic mass is 10.1. The first-order valence-electron chi connectivity index (χ1n) is 10.0. The molecule has 2 heterocycles. The summed E-state index contributed by atoms with van der Waals surface area (Å²) in [5.74, 6) is 0.883. The third-order valence-corrected chi connectivity index (χ3v) is 4.80.